The molecule has 4 nitrogen and oxygen atoms in total. The van der Waals surface area contributed by atoms with Crippen LogP contribution in [0.1, 0.15) is 18.9 Å². The highest BCUT2D eigenvalue weighted by Crippen LogP contribution is 2.29. The lowest BCUT2D eigenvalue weighted by Gasteiger charge is -2.34. The lowest BCUT2D eigenvalue weighted by molar-refractivity contribution is 0.0314. The predicted molar refractivity (Wildman–Crippen MR) is 79.8 cm³/mol. The van der Waals surface area contributed by atoms with Crippen LogP contribution in [-0.2, 0) is 20.6 Å². The Morgan fingerprint density at radius 3 is 2.85 bits per heavy atom. The smallest absolute Gasteiger partial charge is 0.244 e. The predicted octanol–water partition coefficient (Wildman–Crippen LogP) is 2.88. The summed E-state index contributed by atoms with van der Waals surface area (Å²) in [6, 6.07) is 4.70. The van der Waals surface area contributed by atoms with Crippen LogP contribution in [0.4, 0.5) is 0 Å². The SMILES string of the molecule is CCC1COCCN1S(=O)(=O)c1cc(CCl)ccc1Cl. The number of nitrogens with zero attached hydrogens (tertiary/aromatic N) is 1. The zero-order chi connectivity index (χ0) is 14.8. The first-order valence-corrected chi connectivity index (χ1v) is 8.80. The number of rotatable bonds is 4. The van der Waals surface area contributed by atoms with E-state index in [9.17, 15) is 8.42 Å². The molecule has 1 unspecified atom stereocenters. The summed E-state index contributed by atoms with van der Waals surface area (Å²) in [5.41, 5.74) is 0.732. The summed E-state index contributed by atoms with van der Waals surface area (Å²) in [6.07, 6.45) is 0.700. The maximum atomic E-state index is 12.8. The second kappa shape index (κ2) is 6.62. The van der Waals surface area contributed by atoms with Gasteiger partial charge in [0.05, 0.1) is 18.2 Å². The van der Waals surface area contributed by atoms with Gasteiger partial charge in [-0.25, -0.2) is 8.42 Å². The third-order valence-electron chi connectivity index (χ3n) is 3.38. The molecule has 1 saturated heterocycles. The molecular formula is C13H17Cl2NO3S. The number of alkyl halides is 1. The van der Waals surface area contributed by atoms with Gasteiger partial charge < -0.3 is 4.74 Å². The van der Waals surface area contributed by atoms with Gasteiger partial charge >= 0.3 is 0 Å². The fraction of sp³-hybridized carbons (Fsp3) is 0.538. The first-order valence-electron chi connectivity index (χ1n) is 6.44. The van der Waals surface area contributed by atoms with Crippen molar-refractivity contribution in [3.63, 3.8) is 0 Å². The van der Waals surface area contributed by atoms with Gasteiger partial charge in [-0.05, 0) is 24.1 Å². The largest absolute Gasteiger partial charge is 0.378 e. The van der Waals surface area contributed by atoms with E-state index in [2.05, 4.69) is 0 Å². The van der Waals surface area contributed by atoms with Crippen molar-refractivity contribution >= 4 is 33.2 Å². The van der Waals surface area contributed by atoms with Gasteiger partial charge in [-0.15, -0.1) is 11.6 Å². The number of hydrogen-bond acceptors (Lipinski definition) is 3. The number of ether oxygens (including phenoxy) is 1. The van der Waals surface area contributed by atoms with Gasteiger partial charge in [0, 0.05) is 18.5 Å². The van der Waals surface area contributed by atoms with Crippen LogP contribution in [-0.4, -0.2) is 38.5 Å². The van der Waals surface area contributed by atoms with Crippen LogP contribution in [0.5, 0.6) is 0 Å². The van der Waals surface area contributed by atoms with Crippen LogP contribution in [0.2, 0.25) is 5.02 Å². The number of sulfonamides is 1. The Kier molecular flexibility index (Phi) is 5.31. The minimum absolute atomic E-state index is 0.123. The molecule has 0 aliphatic carbocycles. The zero-order valence-corrected chi connectivity index (χ0v) is 13.5. The fourth-order valence-electron chi connectivity index (χ4n) is 2.23. The van der Waals surface area contributed by atoms with E-state index in [0.717, 1.165) is 5.56 Å². The first-order chi connectivity index (χ1) is 9.50. The molecule has 112 valence electrons. The Balaban J connectivity index is 2.43. The normalized spacial score (nSPS) is 21.1. The summed E-state index contributed by atoms with van der Waals surface area (Å²) in [5.74, 6) is 0.250. The molecule has 0 saturated carbocycles. The Hall–Kier alpha value is -0.330. The monoisotopic (exact) mass is 337 g/mol. The molecule has 0 radical (unpaired) electrons. The maximum absolute atomic E-state index is 12.8. The molecule has 1 fully saturated rings. The quantitative estimate of drug-likeness (QED) is 0.793. The standard InChI is InChI=1S/C13H17Cl2NO3S/c1-2-11-9-19-6-5-16(11)20(17,18)13-7-10(8-14)3-4-12(13)15/h3-4,7,11H,2,5-6,8-9H2,1H3. The summed E-state index contributed by atoms with van der Waals surface area (Å²) in [5, 5.41) is 0.222. The van der Waals surface area contributed by atoms with Gasteiger partial charge in [-0.3, -0.25) is 0 Å². The third-order valence-corrected chi connectivity index (χ3v) is 6.12. The highest BCUT2D eigenvalue weighted by atomic mass is 35.5. The minimum Gasteiger partial charge on any atom is -0.378 e. The van der Waals surface area contributed by atoms with Crippen molar-refractivity contribution in [2.75, 3.05) is 19.8 Å². The Morgan fingerprint density at radius 1 is 1.45 bits per heavy atom. The molecule has 0 N–H and O–H groups in total. The number of halogens is 2. The summed E-state index contributed by atoms with van der Waals surface area (Å²) in [4.78, 5) is 0.123. The van der Waals surface area contributed by atoms with Gasteiger partial charge in [0.1, 0.15) is 4.90 Å². The summed E-state index contributed by atoms with van der Waals surface area (Å²) < 4.78 is 32.4. The van der Waals surface area contributed by atoms with E-state index in [1.54, 1.807) is 18.2 Å². The van der Waals surface area contributed by atoms with Crippen molar-refractivity contribution in [3.8, 4) is 0 Å². The van der Waals surface area contributed by atoms with Crippen molar-refractivity contribution in [3.05, 3.63) is 28.8 Å². The van der Waals surface area contributed by atoms with Gasteiger partial charge in [0.2, 0.25) is 10.0 Å². The van der Waals surface area contributed by atoms with E-state index in [0.29, 0.717) is 26.2 Å². The van der Waals surface area contributed by atoms with E-state index in [-0.39, 0.29) is 21.8 Å². The van der Waals surface area contributed by atoms with Crippen molar-refractivity contribution in [2.45, 2.75) is 30.2 Å². The zero-order valence-electron chi connectivity index (χ0n) is 11.2. The summed E-state index contributed by atoms with van der Waals surface area (Å²) in [6.45, 7) is 3.12. The average molecular weight is 338 g/mol. The molecule has 0 bridgehead atoms. The Morgan fingerprint density at radius 2 is 2.20 bits per heavy atom. The van der Waals surface area contributed by atoms with E-state index in [1.165, 1.54) is 4.31 Å². The summed E-state index contributed by atoms with van der Waals surface area (Å²) in [7, 11) is -3.62. The van der Waals surface area contributed by atoms with Crippen LogP contribution in [0.3, 0.4) is 0 Å². The lowest BCUT2D eigenvalue weighted by atomic mass is 10.2. The van der Waals surface area contributed by atoms with Crippen LogP contribution in [0.15, 0.2) is 23.1 Å². The van der Waals surface area contributed by atoms with Gasteiger partial charge in [-0.2, -0.15) is 4.31 Å². The highest BCUT2D eigenvalue weighted by Gasteiger charge is 2.34. The summed E-state index contributed by atoms with van der Waals surface area (Å²) >= 11 is 11.8. The van der Waals surface area contributed by atoms with E-state index in [4.69, 9.17) is 27.9 Å². The van der Waals surface area contributed by atoms with Crippen molar-refractivity contribution < 1.29 is 13.2 Å². The molecule has 0 amide bonds. The van der Waals surface area contributed by atoms with Crippen molar-refractivity contribution in [1.29, 1.82) is 0 Å². The Bertz CT molecular complexity index is 577. The molecule has 0 spiro atoms. The third kappa shape index (κ3) is 3.12. The highest BCUT2D eigenvalue weighted by molar-refractivity contribution is 7.89. The fourth-order valence-corrected chi connectivity index (χ4v) is 4.59. The molecule has 7 heteroatoms. The Labute approximate surface area is 129 Å². The van der Waals surface area contributed by atoms with Gasteiger partial charge in [0.15, 0.2) is 0 Å². The molecular weight excluding hydrogens is 321 g/mol. The molecule has 1 aromatic rings. The number of hydrogen-bond donors (Lipinski definition) is 0. The van der Waals surface area contributed by atoms with Crippen LogP contribution in [0, 0.1) is 0 Å². The second-order valence-electron chi connectivity index (χ2n) is 4.65. The minimum atomic E-state index is -3.62. The molecule has 1 aromatic carbocycles. The van der Waals surface area contributed by atoms with Crippen LogP contribution >= 0.6 is 23.2 Å². The van der Waals surface area contributed by atoms with Crippen LogP contribution < -0.4 is 0 Å². The molecule has 0 aromatic heterocycles. The number of morpholine rings is 1. The van der Waals surface area contributed by atoms with Crippen molar-refractivity contribution in [1.82, 2.24) is 4.31 Å². The first kappa shape index (κ1) is 16.0. The van der Waals surface area contributed by atoms with E-state index >= 15 is 0 Å². The lowest BCUT2D eigenvalue weighted by Crippen LogP contribution is -2.48. The van der Waals surface area contributed by atoms with Crippen molar-refractivity contribution in [2.24, 2.45) is 0 Å². The van der Waals surface area contributed by atoms with Crippen LogP contribution in [0.25, 0.3) is 0 Å². The maximum Gasteiger partial charge on any atom is 0.244 e. The molecule has 1 aliphatic heterocycles. The molecule has 1 heterocycles. The molecule has 1 aliphatic rings. The molecule has 20 heavy (non-hydrogen) atoms. The van der Waals surface area contributed by atoms with E-state index in [1.807, 2.05) is 6.92 Å². The van der Waals surface area contributed by atoms with Gasteiger partial charge in [-0.1, -0.05) is 24.6 Å². The number of benzene rings is 1. The van der Waals surface area contributed by atoms with E-state index < -0.39 is 10.0 Å². The topological polar surface area (TPSA) is 46.6 Å². The second-order valence-corrected chi connectivity index (χ2v) is 7.18. The molecule has 2 rings (SSSR count). The van der Waals surface area contributed by atoms with Gasteiger partial charge in [0.25, 0.3) is 0 Å². The molecule has 1 atom stereocenters. The average Bonchev–Trinajstić information content (AvgIpc) is 2.47.